The van der Waals surface area contributed by atoms with Gasteiger partial charge in [-0.1, -0.05) is 12.1 Å². The second-order valence-corrected chi connectivity index (χ2v) is 5.13. The summed E-state index contributed by atoms with van der Waals surface area (Å²) in [6.45, 7) is 0. The molecule has 0 aromatic heterocycles. The average Bonchev–Trinajstić information content (AvgIpc) is 2.54. The first-order valence-corrected chi connectivity index (χ1v) is 6.95. The van der Waals surface area contributed by atoms with Crippen LogP contribution in [0.5, 0.6) is 17.2 Å². The molecule has 0 bridgehead atoms. The number of hydrogen-bond donors (Lipinski definition) is 1. The van der Waals surface area contributed by atoms with Crippen molar-refractivity contribution in [2.75, 3.05) is 14.2 Å². The molecule has 0 aliphatic carbocycles. The predicted molar refractivity (Wildman–Crippen MR) is 80.9 cm³/mol. The smallest absolute Gasteiger partial charge is 0.126 e. The highest BCUT2D eigenvalue weighted by Crippen LogP contribution is 2.41. The minimum atomic E-state index is -0.0694. The highest BCUT2D eigenvalue weighted by molar-refractivity contribution is 5.44. The minimum Gasteiger partial charge on any atom is -0.497 e. The molecule has 21 heavy (non-hydrogen) atoms. The summed E-state index contributed by atoms with van der Waals surface area (Å²) in [4.78, 5) is 0. The zero-order valence-electron chi connectivity index (χ0n) is 12.2. The third-order valence-corrected chi connectivity index (χ3v) is 3.82. The fourth-order valence-electron chi connectivity index (χ4n) is 2.66. The Kier molecular flexibility index (Phi) is 3.71. The van der Waals surface area contributed by atoms with Gasteiger partial charge >= 0.3 is 0 Å². The Morgan fingerprint density at radius 3 is 2.57 bits per heavy atom. The third kappa shape index (κ3) is 2.67. The molecule has 0 fully saturated rings. The van der Waals surface area contributed by atoms with Crippen molar-refractivity contribution in [1.82, 2.24) is 0 Å². The summed E-state index contributed by atoms with van der Waals surface area (Å²) >= 11 is 0. The number of hydrogen-bond acceptors (Lipinski definition) is 4. The molecule has 0 radical (unpaired) electrons. The molecule has 1 heterocycles. The van der Waals surface area contributed by atoms with Gasteiger partial charge in [-0.2, -0.15) is 0 Å². The first kappa shape index (κ1) is 13.8. The quantitative estimate of drug-likeness (QED) is 0.940. The van der Waals surface area contributed by atoms with E-state index in [1.807, 2.05) is 42.5 Å². The van der Waals surface area contributed by atoms with Gasteiger partial charge in [0, 0.05) is 18.0 Å². The third-order valence-electron chi connectivity index (χ3n) is 3.82. The van der Waals surface area contributed by atoms with Crippen molar-refractivity contribution in [3.63, 3.8) is 0 Å². The summed E-state index contributed by atoms with van der Waals surface area (Å²) in [5.74, 6) is 2.44. The van der Waals surface area contributed by atoms with E-state index in [0.29, 0.717) is 0 Å². The summed E-state index contributed by atoms with van der Waals surface area (Å²) in [6.07, 6.45) is 0.670. The number of rotatable bonds is 3. The van der Waals surface area contributed by atoms with E-state index in [9.17, 15) is 0 Å². The van der Waals surface area contributed by atoms with E-state index in [1.54, 1.807) is 14.2 Å². The Bertz CT molecular complexity index is 642. The monoisotopic (exact) mass is 285 g/mol. The Balaban J connectivity index is 1.90. The van der Waals surface area contributed by atoms with Gasteiger partial charge in [0.1, 0.15) is 23.4 Å². The molecular weight excluding hydrogens is 266 g/mol. The summed E-state index contributed by atoms with van der Waals surface area (Å²) in [5, 5.41) is 0. The first-order chi connectivity index (χ1) is 10.2. The SMILES string of the molecule is COc1cccc(C2C[C@@H](N)c3cc(OC)ccc3O2)c1. The summed E-state index contributed by atoms with van der Waals surface area (Å²) in [6, 6.07) is 13.6. The lowest BCUT2D eigenvalue weighted by atomic mass is 9.93. The number of methoxy groups -OCH3 is 2. The van der Waals surface area contributed by atoms with E-state index in [1.165, 1.54) is 0 Å². The molecule has 2 aromatic rings. The second-order valence-electron chi connectivity index (χ2n) is 5.13. The van der Waals surface area contributed by atoms with Gasteiger partial charge < -0.3 is 19.9 Å². The highest BCUT2D eigenvalue weighted by atomic mass is 16.5. The van der Waals surface area contributed by atoms with Crippen LogP contribution in [0.4, 0.5) is 0 Å². The maximum Gasteiger partial charge on any atom is 0.126 e. The molecule has 0 amide bonds. The Morgan fingerprint density at radius 2 is 1.81 bits per heavy atom. The number of nitrogens with two attached hydrogens (primary N) is 1. The molecule has 1 aliphatic heterocycles. The second kappa shape index (κ2) is 5.66. The zero-order valence-corrected chi connectivity index (χ0v) is 12.2. The number of ether oxygens (including phenoxy) is 3. The van der Waals surface area contributed by atoms with E-state index in [4.69, 9.17) is 19.9 Å². The zero-order chi connectivity index (χ0) is 14.8. The van der Waals surface area contributed by atoms with Crippen molar-refractivity contribution >= 4 is 0 Å². The van der Waals surface area contributed by atoms with Gasteiger partial charge in [-0.3, -0.25) is 0 Å². The van der Waals surface area contributed by atoms with Gasteiger partial charge in [-0.25, -0.2) is 0 Å². The van der Waals surface area contributed by atoms with Crippen LogP contribution in [0.2, 0.25) is 0 Å². The summed E-state index contributed by atoms with van der Waals surface area (Å²) in [7, 11) is 3.31. The molecule has 0 saturated carbocycles. The van der Waals surface area contributed by atoms with Crippen LogP contribution in [-0.4, -0.2) is 14.2 Å². The molecule has 1 unspecified atom stereocenters. The van der Waals surface area contributed by atoms with Crippen LogP contribution in [0.25, 0.3) is 0 Å². The van der Waals surface area contributed by atoms with Crippen LogP contribution in [0.1, 0.15) is 29.7 Å². The van der Waals surface area contributed by atoms with Gasteiger partial charge in [-0.15, -0.1) is 0 Å². The van der Waals surface area contributed by atoms with E-state index in [-0.39, 0.29) is 12.1 Å². The first-order valence-electron chi connectivity index (χ1n) is 6.95. The van der Waals surface area contributed by atoms with Crippen molar-refractivity contribution in [1.29, 1.82) is 0 Å². The van der Waals surface area contributed by atoms with Crippen LogP contribution in [-0.2, 0) is 0 Å². The van der Waals surface area contributed by atoms with Gasteiger partial charge in [-0.05, 0) is 35.9 Å². The van der Waals surface area contributed by atoms with Gasteiger partial charge in [0.25, 0.3) is 0 Å². The maximum atomic E-state index is 6.30. The molecule has 4 heteroatoms. The standard InChI is InChI=1S/C17H19NO3/c1-19-12-5-3-4-11(8-12)17-10-15(18)14-9-13(20-2)6-7-16(14)21-17/h3-9,15,17H,10,18H2,1-2H3/t15-,17?/m1/s1. The molecule has 3 rings (SSSR count). The lowest BCUT2D eigenvalue weighted by molar-refractivity contribution is 0.161. The topological polar surface area (TPSA) is 53.7 Å². The van der Waals surface area contributed by atoms with E-state index in [0.717, 1.165) is 34.8 Å². The lowest BCUT2D eigenvalue weighted by Crippen LogP contribution is -2.24. The molecule has 0 spiro atoms. The lowest BCUT2D eigenvalue weighted by Gasteiger charge is -2.31. The molecule has 110 valence electrons. The largest absolute Gasteiger partial charge is 0.497 e. The number of benzene rings is 2. The maximum absolute atomic E-state index is 6.30. The molecule has 1 aliphatic rings. The Labute approximate surface area is 124 Å². The molecule has 0 saturated heterocycles. The van der Waals surface area contributed by atoms with E-state index >= 15 is 0 Å². The van der Waals surface area contributed by atoms with E-state index < -0.39 is 0 Å². The van der Waals surface area contributed by atoms with E-state index in [2.05, 4.69) is 0 Å². The molecular formula is C17H19NO3. The summed E-state index contributed by atoms with van der Waals surface area (Å²) in [5.41, 5.74) is 8.37. The minimum absolute atomic E-state index is 0.0593. The highest BCUT2D eigenvalue weighted by Gasteiger charge is 2.27. The van der Waals surface area contributed by atoms with Crippen molar-refractivity contribution in [2.24, 2.45) is 5.73 Å². The molecule has 2 aromatic carbocycles. The van der Waals surface area contributed by atoms with Crippen LogP contribution < -0.4 is 19.9 Å². The van der Waals surface area contributed by atoms with Gasteiger partial charge in [0.15, 0.2) is 0 Å². The Morgan fingerprint density at radius 1 is 1.05 bits per heavy atom. The van der Waals surface area contributed by atoms with Crippen LogP contribution in [0.3, 0.4) is 0 Å². The molecule has 4 nitrogen and oxygen atoms in total. The van der Waals surface area contributed by atoms with Gasteiger partial charge in [0.2, 0.25) is 0 Å². The molecule has 2 N–H and O–H groups in total. The number of fused-ring (bicyclic) bond motifs is 1. The van der Waals surface area contributed by atoms with Crippen molar-refractivity contribution in [3.8, 4) is 17.2 Å². The predicted octanol–water partition coefficient (Wildman–Crippen LogP) is 3.23. The van der Waals surface area contributed by atoms with Crippen molar-refractivity contribution < 1.29 is 14.2 Å². The van der Waals surface area contributed by atoms with Crippen molar-refractivity contribution in [2.45, 2.75) is 18.6 Å². The van der Waals surface area contributed by atoms with Crippen LogP contribution in [0, 0.1) is 0 Å². The van der Waals surface area contributed by atoms with Gasteiger partial charge in [0.05, 0.1) is 14.2 Å². The summed E-state index contributed by atoms with van der Waals surface area (Å²) < 4.78 is 16.6. The molecule has 2 atom stereocenters. The Hall–Kier alpha value is -2.20. The van der Waals surface area contributed by atoms with Crippen LogP contribution in [0.15, 0.2) is 42.5 Å². The van der Waals surface area contributed by atoms with Crippen LogP contribution >= 0.6 is 0 Å². The normalized spacial score (nSPS) is 20.3. The fourth-order valence-corrected chi connectivity index (χ4v) is 2.66. The fraction of sp³-hybridized carbons (Fsp3) is 0.294. The average molecular weight is 285 g/mol. The van der Waals surface area contributed by atoms with Crippen molar-refractivity contribution in [3.05, 3.63) is 53.6 Å².